The smallest absolute Gasteiger partial charge is 0.143 e. The molecule has 0 bridgehead atoms. The lowest BCUT2D eigenvalue weighted by atomic mass is 10.2. The van der Waals surface area contributed by atoms with Gasteiger partial charge in [0.2, 0.25) is 0 Å². The number of nitrogens with two attached hydrogens (primary N) is 1. The van der Waals surface area contributed by atoms with Gasteiger partial charge in [0.15, 0.2) is 0 Å². The maximum atomic E-state index is 5.84. The Morgan fingerprint density at radius 1 is 1.13 bits per heavy atom. The SMILES string of the molecule is CCC[N+](C)(CCCNC)CCCNc1ccc(N)c(OC)c1. The van der Waals surface area contributed by atoms with Crippen LogP contribution in [-0.2, 0) is 0 Å². The number of hydrogen-bond acceptors (Lipinski definition) is 4. The van der Waals surface area contributed by atoms with Crippen LogP contribution in [0.2, 0.25) is 0 Å². The lowest BCUT2D eigenvalue weighted by Crippen LogP contribution is -2.47. The maximum absolute atomic E-state index is 5.84. The molecule has 0 saturated heterocycles. The number of anilines is 2. The first-order chi connectivity index (χ1) is 11.0. The molecule has 1 rings (SSSR count). The molecule has 23 heavy (non-hydrogen) atoms. The van der Waals surface area contributed by atoms with Crippen molar-refractivity contribution in [3.63, 3.8) is 0 Å². The molecule has 132 valence electrons. The van der Waals surface area contributed by atoms with Crippen molar-refractivity contribution in [3.8, 4) is 5.75 Å². The molecule has 0 aliphatic heterocycles. The number of benzene rings is 1. The van der Waals surface area contributed by atoms with Crippen LogP contribution < -0.4 is 21.1 Å². The zero-order chi connectivity index (χ0) is 17.1. The fraction of sp³-hybridized carbons (Fsp3) is 0.667. The van der Waals surface area contributed by atoms with E-state index in [0.29, 0.717) is 5.69 Å². The van der Waals surface area contributed by atoms with Gasteiger partial charge in [-0.3, -0.25) is 0 Å². The predicted octanol–water partition coefficient (Wildman–Crippen LogP) is 2.55. The molecular formula is C18H35N4O+. The van der Waals surface area contributed by atoms with Crippen molar-refractivity contribution in [2.24, 2.45) is 0 Å². The van der Waals surface area contributed by atoms with Crippen molar-refractivity contribution in [2.45, 2.75) is 26.2 Å². The average molecular weight is 324 g/mol. The molecule has 0 heterocycles. The molecule has 5 nitrogen and oxygen atoms in total. The lowest BCUT2D eigenvalue weighted by Gasteiger charge is -2.34. The fourth-order valence-electron chi connectivity index (χ4n) is 3.03. The van der Waals surface area contributed by atoms with E-state index in [1.807, 2.05) is 25.2 Å². The van der Waals surface area contributed by atoms with Crippen molar-refractivity contribution >= 4 is 11.4 Å². The average Bonchev–Trinajstić information content (AvgIpc) is 2.53. The Hall–Kier alpha value is -1.46. The van der Waals surface area contributed by atoms with Crippen LogP contribution in [0.4, 0.5) is 11.4 Å². The highest BCUT2D eigenvalue weighted by molar-refractivity contribution is 5.61. The number of methoxy groups -OCH3 is 1. The number of hydrogen-bond donors (Lipinski definition) is 3. The Morgan fingerprint density at radius 2 is 1.83 bits per heavy atom. The van der Waals surface area contributed by atoms with Crippen LogP contribution in [0.5, 0.6) is 5.75 Å². The van der Waals surface area contributed by atoms with E-state index in [-0.39, 0.29) is 0 Å². The molecule has 5 heteroatoms. The van der Waals surface area contributed by atoms with Gasteiger partial charge in [-0.1, -0.05) is 6.92 Å². The Morgan fingerprint density at radius 3 is 2.43 bits per heavy atom. The van der Waals surface area contributed by atoms with Gasteiger partial charge in [-0.25, -0.2) is 0 Å². The van der Waals surface area contributed by atoms with Crippen LogP contribution >= 0.6 is 0 Å². The summed E-state index contributed by atoms with van der Waals surface area (Å²) in [5, 5.41) is 6.71. The number of nitrogens with zero attached hydrogens (tertiary/aromatic N) is 1. The minimum Gasteiger partial charge on any atom is -0.495 e. The minimum atomic E-state index is 0.676. The molecule has 4 N–H and O–H groups in total. The zero-order valence-corrected chi connectivity index (χ0v) is 15.3. The highest BCUT2D eigenvalue weighted by atomic mass is 16.5. The molecule has 1 aromatic rings. The first-order valence-electron chi connectivity index (χ1n) is 8.70. The molecule has 0 radical (unpaired) electrons. The summed E-state index contributed by atoms with van der Waals surface area (Å²) in [6.45, 7) is 8.03. The second kappa shape index (κ2) is 10.3. The third-order valence-electron chi connectivity index (χ3n) is 4.33. The van der Waals surface area contributed by atoms with Gasteiger partial charge in [-0.15, -0.1) is 0 Å². The summed E-state index contributed by atoms with van der Waals surface area (Å²) in [5.74, 6) is 0.730. The largest absolute Gasteiger partial charge is 0.495 e. The third kappa shape index (κ3) is 7.10. The van der Waals surface area contributed by atoms with E-state index in [2.05, 4.69) is 24.6 Å². The molecule has 0 saturated carbocycles. The van der Waals surface area contributed by atoms with Crippen LogP contribution in [0.15, 0.2) is 18.2 Å². The summed E-state index contributed by atoms with van der Waals surface area (Å²) in [5.41, 5.74) is 7.58. The van der Waals surface area contributed by atoms with Crippen LogP contribution in [0.1, 0.15) is 26.2 Å². The van der Waals surface area contributed by atoms with Gasteiger partial charge in [-0.2, -0.15) is 0 Å². The Balaban J connectivity index is 2.41. The normalized spacial score (nSPS) is 13.6. The van der Waals surface area contributed by atoms with E-state index in [4.69, 9.17) is 10.5 Å². The van der Waals surface area contributed by atoms with E-state index in [9.17, 15) is 0 Å². The molecule has 0 spiro atoms. The maximum Gasteiger partial charge on any atom is 0.143 e. The Labute approximate surface area is 141 Å². The highest BCUT2D eigenvalue weighted by Gasteiger charge is 2.19. The van der Waals surface area contributed by atoms with Crippen molar-refractivity contribution < 1.29 is 9.22 Å². The molecule has 0 aliphatic carbocycles. The summed E-state index contributed by atoms with van der Waals surface area (Å²) >= 11 is 0. The van der Waals surface area contributed by atoms with Crippen molar-refractivity contribution in [2.75, 3.05) is 65.0 Å². The van der Waals surface area contributed by atoms with Gasteiger partial charge < -0.3 is 25.6 Å². The summed E-state index contributed by atoms with van der Waals surface area (Å²) in [6.07, 6.45) is 3.62. The van der Waals surface area contributed by atoms with Crippen molar-refractivity contribution in [1.29, 1.82) is 0 Å². The van der Waals surface area contributed by atoms with Crippen LogP contribution in [0, 0.1) is 0 Å². The van der Waals surface area contributed by atoms with Gasteiger partial charge >= 0.3 is 0 Å². The molecule has 1 atom stereocenters. The van der Waals surface area contributed by atoms with Gasteiger partial charge in [0.1, 0.15) is 5.75 Å². The van der Waals surface area contributed by atoms with E-state index in [0.717, 1.165) is 35.4 Å². The number of quaternary nitrogens is 1. The molecule has 0 amide bonds. The van der Waals surface area contributed by atoms with Crippen LogP contribution in [0.3, 0.4) is 0 Å². The number of rotatable bonds is 12. The summed E-state index contributed by atoms with van der Waals surface area (Å²) in [6, 6.07) is 5.85. The van der Waals surface area contributed by atoms with Gasteiger partial charge in [0.25, 0.3) is 0 Å². The monoisotopic (exact) mass is 323 g/mol. The summed E-state index contributed by atoms with van der Waals surface area (Å²) in [4.78, 5) is 0. The highest BCUT2D eigenvalue weighted by Crippen LogP contribution is 2.24. The zero-order valence-electron chi connectivity index (χ0n) is 15.3. The van der Waals surface area contributed by atoms with E-state index in [1.54, 1.807) is 7.11 Å². The van der Waals surface area contributed by atoms with E-state index >= 15 is 0 Å². The van der Waals surface area contributed by atoms with E-state index < -0.39 is 0 Å². The summed E-state index contributed by atoms with van der Waals surface area (Å²) < 4.78 is 6.42. The predicted molar refractivity (Wildman–Crippen MR) is 100 cm³/mol. The standard InChI is InChI=1S/C18H35N4O/c1-5-12-22(3,13-6-10-20-2)14-7-11-21-16-8-9-17(19)18(15-16)23-4/h8-9,15,20-21H,5-7,10-14,19H2,1-4H3/q+1. The van der Waals surface area contributed by atoms with Gasteiger partial charge in [0, 0.05) is 37.7 Å². The number of ether oxygens (including phenoxy) is 1. The minimum absolute atomic E-state index is 0.676. The van der Waals surface area contributed by atoms with Crippen LogP contribution in [-0.4, -0.2) is 58.4 Å². The first-order valence-corrected chi connectivity index (χ1v) is 8.70. The molecule has 0 fully saturated rings. The van der Waals surface area contributed by atoms with Gasteiger partial charge in [0.05, 0.1) is 39.5 Å². The quantitative estimate of drug-likeness (QED) is 0.314. The second-order valence-corrected chi connectivity index (χ2v) is 6.48. The molecule has 0 aromatic heterocycles. The lowest BCUT2D eigenvalue weighted by molar-refractivity contribution is -0.909. The van der Waals surface area contributed by atoms with Crippen molar-refractivity contribution in [3.05, 3.63) is 18.2 Å². The molecule has 1 aromatic carbocycles. The fourth-order valence-corrected chi connectivity index (χ4v) is 3.03. The molecule has 0 aliphatic rings. The number of nitrogen functional groups attached to an aromatic ring is 1. The Kier molecular flexibility index (Phi) is 8.81. The topological polar surface area (TPSA) is 59.3 Å². The number of nitrogens with one attached hydrogen (secondary N) is 2. The van der Waals surface area contributed by atoms with Crippen molar-refractivity contribution in [1.82, 2.24) is 5.32 Å². The first kappa shape index (κ1) is 19.6. The molecular weight excluding hydrogens is 288 g/mol. The molecule has 1 unspecified atom stereocenters. The van der Waals surface area contributed by atoms with E-state index in [1.165, 1.54) is 32.5 Å². The Bertz CT molecular complexity index is 453. The summed E-state index contributed by atoms with van der Waals surface area (Å²) in [7, 11) is 6.05. The van der Waals surface area contributed by atoms with Gasteiger partial charge in [-0.05, 0) is 25.6 Å². The second-order valence-electron chi connectivity index (χ2n) is 6.48. The van der Waals surface area contributed by atoms with Crippen LogP contribution in [0.25, 0.3) is 0 Å². The third-order valence-corrected chi connectivity index (χ3v) is 4.33.